The number of thiocarbonyl (C=S) groups is 1. The monoisotopic (exact) mass is 612 g/mol. The number of hydrogen-bond donors (Lipinski definition) is 3. The van der Waals surface area contributed by atoms with Crippen molar-refractivity contribution in [3.8, 4) is 10.6 Å². The van der Waals surface area contributed by atoms with Crippen LogP contribution in [0.3, 0.4) is 0 Å². The van der Waals surface area contributed by atoms with E-state index in [4.69, 9.17) is 17.3 Å². The zero-order chi connectivity index (χ0) is 29.1. The van der Waals surface area contributed by atoms with Crippen molar-refractivity contribution in [2.24, 2.45) is 0 Å². The number of aliphatic carboxylic acids is 1. The average molecular weight is 613 g/mol. The SMILES string of the molecule is O=C(O)CNC(=O)CNC(=O)CN1C(=O)C(=Cc2cnc(-c3cc(C(F)(F)F)cc(C(F)(F)F)c3)s2)SC1=S. The number of carbonyl (C=O) groups is 4. The molecular weight excluding hydrogens is 598 g/mol. The predicted molar refractivity (Wildman–Crippen MR) is 131 cm³/mol. The minimum absolute atomic E-state index is 0.00197. The van der Waals surface area contributed by atoms with Gasteiger partial charge in [0.25, 0.3) is 5.91 Å². The Balaban J connectivity index is 1.73. The molecule has 0 bridgehead atoms. The van der Waals surface area contributed by atoms with E-state index in [2.05, 4.69) is 10.3 Å². The first kappa shape index (κ1) is 30.0. The van der Waals surface area contributed by atoms with Crippen LogP contribution >= 0.6 is 35.3 Å². The Morgan fingerprint density at radius 3 is 2.15 bits per heavy atom. The molecule has 1 aliphatic heterocycles. The average Bonchev–Trinajstić information content (AvgIpc) is 3.40. The van der Waals surface area contributed by atoms with E-state index in [0.717, 1.165) is 34.2 Å². The molecule has 1 aromatic heterocycles. The maximum Gasteiger partial charge on any atom is 0.416 e. The number of alkyl halides is 6. The highest BCUT2D eigenvalue weighted by Gasteiger charge is 2.37. The summed E-state index contributed by atoms with van der Waals surface area (Å²) in [6.45, 7) is -1.76. The predicted octanol–water partition coefficient (Wildman–Crippen LogP) is 3.37. The molecule has 208 valence electrons. The molecule has 1 saturated heterocycles. The van der Waals surface area contributed by atoms with Gasteiger partial charge in [0.05, 0.1) is 22.6 Å². The molecule has 1 aromatic carbocycles. The lowest BCUT2D eigenvalue weighted by atomic mass is 10.1. The van der Waals surface area contributed by atoms with Gasteiger partial charge in [-0.05, 0) is 24.3 Å². The molecule has 0 aliphatic carbocycles. The summed E-state index contributed by atoms with van der Waals surface area (Å²) in [7, 11) is 0. The maximum atomic E-state index is 13.2. The van der Waals surface area contributed by atoms with Crippen molar-refractivity contribution in [1.29, 1.82) is 0 Å². The first-order valence-corrected chi connectivity index (χ1v) is 12.3. The second kappa shape index (κ2) is 11.7. The summed E-state index contributed by atoms with van der Waals surface area (Å²) >= 11 is 6.62. The molecule has 3 N–H and O–H groups in total. The summed E-state index contributed by atoms with van der Waals surface area (Å²) < 4.78 is 79.0. The van der Waals surface area contributed by atoms with E-state index >= 15 is 0 Å². The fraction of sp³-hybridized carbons (Fsp3) is 0.238. The van der Waals surface area contributed by atoms with Gasteiger partial charge < -0.3 is 15.7 Å². The number of amides is 3. The molecule has 0 radical (unpaired) electrons. The molecule has 0 unspecified atom stereocenters. The molecule has 0 saturated carbocycles. The lowest BCUT2D eigenvalue weighted by molar-refractivity contribution is -0.143. The van der Waals surface area contributed by atoms with Crippen molar-refractivity contribution >= 4 is 69.4 Å². The van der Waals surface area contributed by atoms with Gasteiger partial charge in [-0.15, -0.1) is 11.3 Å². The standard InChI is InChI=1S/C21H14F6N4O5S3/c22-20(23,24)10-1-9(2-11(3-10)21(25,26)27)17-30-5-12(38-17)4-13-18(36)31(19(37)39-13)8-15(33)28-6-14(32)29-7-16(34)35/h1-5H,6-8H2,(H,28,33)(H,29,32)(H,34,35). The van der Waals surface area contributed by atoms with Crippen LogP contribution in [-0.4, -0.2) is 62.6 Å². The molecule has 2 heterocycles. The third kappa shape index (κ3) is 7.99. The third-order valence-electron chi connectivity index (χ3n) is 4.69. The molecule has 0 atom stereocenters. The number of halogens is 6. The second-order valence-electron chi connectivity index (χ2n) is 7.58. The van der Waals surface area contributed by atoms with Gasteiger partial charge in [0.1, 0.15) is 22.4 Å². The summed E-state index contributed by atoms with van der Waals surface area (Å²) in [5.74, 6) is -3.54. The molecule has 3 amide bonds. The smallest absolute Gasteiger partial charge is 0.416 e. The van der Waals surface area contributed by atoms with Crippen LogP contribution in [0.1, 0.15) is 16.0 Å². The number of carbonyl (C=O) groups excluding carboxylic acids is 3. The highest BCUT2D eigenvalue weighted by molar-refractivity contribution is 8.26. The Bertz CT molecular complexity index is 1340. The van der Waals surface area contributed by atoms with Gasteiger partial charge in [-0.25, -0.2) is 4.98 Å². The first-order chi connectivity index (χ1) is 18.0. The van der Waals surface area contributed by atoms with E-state index < -0.39 is 72.4 Å². The van der Waals surface area contributed by atoms with Gasteiger partial charge in [0, 0.05) is 16.6 Å². The fourth-order valence-electron chi connectivity index (χ4n) is 2.95. The number of carboxylic acids is 1. The number of aromatic nitrogens is 1. The highest BCUT2D eigenvalue weighted by atomic mass is 32.2. The van der Waals surface area contributed by atoms with Crippen molar-refractivity contribution in [1.82, 2.24) is 20.5 Å². The number of hydrogen-bond acceptors (Lipinski definition) is 8. The normalized spacial score (nSPS) is 15.1. The van der Waals surface area contributed by atoms with Gasteiger partial charge in [-0.1, -0.05) is 24.0 Å². The molecule has 3 rings (SSSR count). The number of nitrogens with zero attached hydrogens (tertiary/aromatic N) is 2. The molecule has 2 aromatic rings. The summed E-state index contributed by atoms with van der Waals surface area (Å²) in [5.41, 5.74) is -3.41. The number of thiazole rings is 1. The van der Waals surface area contributed by atoms with Crippen LogP contribution in [0.25, 0.3) is 16.6 Å². The molecule has 9 nitrogen and oxygen atoms in total. The first-order valence-electron chi connectivity index (χ1n) is 10.3. The van der Waals surface area contributed by atoms with Gasteiger partial charge in [-0.2, -0.15) is 26.3 Å². The number of nitrogens with one attached hydrogen (secondary N) is 2. The fourth-order valence-corrected chi connectivity index (χ4v) is 5.11. The Morgan fingerprint density at radius 2 is 1.59 bits per heavy atom. The van der Waals surface area contributed by atoms with E-state index in [1.807, 2.05) is 5.32 Å². The van der Waals surface area contributed by atoms with Gasteiger partial charge in [0.2, 0.25) is 11.8 Å². The molecule has 18 heteroatoms. The molecule has 1 aliphatic rings. The van der Waals surface area contributed by atoms with Crippen LogP contribution in [0, 0.1) is 0 Å². The largest absolute Gasteiger partial charge is 0.480 e. The van der Waals surface area contributed by atoms with Gasteiger partial charge >= 0.3 is 18.3 Å². The number of thioether (sulfide) groups is 1. The quantitative estimate of drug-likeness (QED) is 0.235. The van der Waals surface area contributed by atoms with Crippen molar-refractivity contribution < 1.29 is 50.6 Å². The molecule has 1 fully saturated rings. The highest BCUT2D eigenvalue weighted by Crippen LogP contribution is 2.40. The Hall–Kier alpha value is -3.51. The summed E-state index contributed by atoms with van der Waals surface area (Å²) in [5, 5.41) is 12.6. The number of benzene rings is 1. The van der Waals surface area contributed by atoms with Crippen LogP contribution in [0.4, 0.5) is 26.3 Å². The van der Waals surface area contributed by atoms with Crippen molar-refractivity contribution in [3.05, 3.63) is 45.3 Å². The van der Waals surface area contributed by atoms with E-state index in [1.54, 1.807) is 0 Å². The zero-order valence-electron chi connectivity index (χ0n) is 19.0. The summed E-state index contributed by atoms with van der Waals surface area (Å²) in [6.07, 6.45) is -7.63. The van der Waals surface area contributed by atoms with Crippen LogP contribution in [-0.2, 0) is 31.5 Å². The topological polar surface area (TPSA) is 129 Å². The molecular formula is C21H14F6N4O5S3. The Labute approximate surface area is 228 Å². The van der Waals surface area contributed by atoms with Gasteiger partial charge in [0.15, 0.2) is 0 Å². The molecule has 0 spiro atoms. The Kier molecular flexibility index (Phi) is 9.01. The minimum atomic E-state index is -5.03. The van der Waals surface area contributed by atoms with E-state index in [9.17, 15) is 45.5 Å². The number of carboxylic acid groups (broad SMARTS) is 1. The van der Waals surface area contributed by atoms with E-state index in [0.29, 0.717) is 12.1 Å². The zero-order valence-corrected chi connectivity index (χ0v) is 21.4. The summed E-state index contributed by atoms with van der Waals surface area (Å²) in [4.78, 5) is 51.8. The van der Waals surface area contributed by atoms with Crippen molar-refractivity contribution in [2.45, 2.75) is 12.4 Å². The lowest BCUT2D eigenvalue weighted by Crippen LogP contribution is -2.44. The van der Waals surface area contributed by atoms with Crippen molar-refractivity contribution in [2.75, 3.05) is 19.6 Å². The second-order valence-corrected chi connectivity index (χ2v) is 10.3. The number of rotatable bonds is 8. The van der Waals surface area contributed by atoms with Crippen LogP contribution in [0.5, 0.6) is 0 Å². The third-order valence-corrected chi connectivity index (χ3v) is 7.06. The minimum Gasteiger partial charge on any atom is -0.480 e. The van der Waals surface area contributed by atoms with Crippen molar-refractivity contribution in [3.63, 3.8) is 0 Å². The summed E-state index contributed by atoms with van der Waals surface area (Å²) in [6, 6.07) is 1.08. The van der Waals surface area contributed by atoms with E-state index in [-0.39, 0.29) is 25.2 Å². The van der Waals surface area contributed by atoms with E-state index in [1.165, 1.54) is 6.08 Å². The van der Waals surface area contributed by atoms with Crippen LogP contribution < -0.4 is 10.6 Å². The lowest BCUT2D eigenvalue weighted by Gasteiger charge is -2.14. The molecule has 39 heavy (non-hydrogen) atoms. The van der Waals surface area contributed by atoms with Crippen LogP contribution in [0.2, 0.25) is 0 Å². The van der Waals surface area contributed by atoms with Crippen LogP contribution in [0.15, 0.2) is 29.3 Å². The maximum absolute atomic E-state index is 13.2. The Morgan fingerprint density at radius 1 is 1.00 bits per heavy atom. The van der Waals surface area contributed by atoms with Gasteiger partial charge in [-0.3, -0.25) is 24.1 Å².